The number of carbonyl (C=O) groups excluding carboxylic acids is 2. The van der Waals surface area contributed by atoms with Gasteiger partial charge in [-0.3, -0.25) is 9.10 Å². The minimum Gasteiger partial charge on any atom is -0.467 e. The molecule has 0 saturated carbocycles. The summed E-state index contributed by atoms with van der Waals surface area (Å²) in [4.78, 5) is 24.6. The van der Waals surface area contributed by atoms with Crippen LogP contribution in [0.3, 0.4) is 0 Å². The zero-order chi connectivity index (χ0) is 19.5. The summed E-state index contributed by atoms with van der Waals surface area (Å²) in [5.74, 6) is -0.918. The second-order valence-electron chi connectivity index (χ2n) is 6.64. The Hall–Kier alpha value is -2.09. The summed E-state index contributed by atoms with van der Waals surface area (Å²) < 4.78 is 30.0. The van der Waals surface area contributed by atoms with Gasteiger partial charge in [0.05, 0.1) is 19.1 Å². The second-order valence-corrected chi connectivity index (χ2v) is 8.55. The molecule has 0 spiro atoms. The van der Waals surface area contributed by atoms with Gasteiger partial charge in [0.15, 0.2) is 0 Å². The molecule has 0 unspecified atom stereocenters. The van der Waals surface area contributed by atoms with Crippen molar-refractivity contribution in [3.8, 4) is 0 Å². The van der Waals surface area contributed by atoms with Crippen LogP contribution in [0.2, 0.25) is 0 Å². The topological polar surface area (TPSA) is 92.8 Å². The standard InChI is InChI=1S/C18H26N2O5S/c1-5-12(2)16(18(22)25-3)19-17(21)14-8-9-15-13(11-14)7-6-10-20(15)26(4,23)24/h8-9,11-12,16H,5-7,10H2,1-4H3,(H,19,21)/t12-,16+/m1/s1. The highest BCUT2D eigenvalue weighted by Crippen LogP contribution is 2.30. The van der Waals surface area contributed by atoms with Crippen molar-refractivity contribution in [2.75, 3.05) is 24.2 Å². The molecule has 0 bridgehead atoms. The van der Waals surface area contributed by atoms with Crippen molar-refractivity contribution in [1.29, 1.82) is 0 Å². The number of amides is 1. The molecule has 144 valence electrons. The Morgan fingerprint density at radius 2 is 2.04 bits per heavy atom. The zero-order valence-electron chi connectivity index (χ0n) is 15.6. The molecule has 8 heteroatoms. The number of methoxy groups -OCH3 is 1. The molecule has 2 atom stereocenters. The summed E-state index contributed by atoms with van der Waals surface area (Å²) in [6.45, 7) is 4.25. The second kappa shape index (κ2) is 8.07. The number of benzene rings is 1. The highest BCUT2D eigenvalue weighted by molar-refractivity contribution is 7.92. The lowest BCUT2D eigenvalue weighted by Gasteiger charge is -2.29. The molecular weight excluding hydrogens is 356 g/mol. The Morgan fingerprint density at radius 1 is 1.35 bits per heavy atom. The highest BCUT2D eigenvalue weighted by atomic mass is 32.2. The van der Waals surface area contributed by atoms with Crippen molar-refractivity contribution in [1.82, 2.24) is 5.32 Å². The van der Waals surface area contributed by atoms with Crippen LogP contribution >= 0.6 is 0 Å². The van der Waals surface area contributed by atoms with Crippen LogP contribution in [-0.2, 0) is 26.0 Å². The smallest absolute Gasteiger partial charge is 0.328 e. The first-order chi connectivity index (χ1) is 12.2. The third kappa shape index (κ3) is 4.35. The summed E-state index contributed by atoms with van der Waals surface area (Å²) in [6.07, 6.45) is 3.29. The van der Waals surface area contributed by atoms with Crippen molar-refractivity contribution in [2.45, 2.75) is 39.2 Å². The number of hydrogen-bond acceptors (Lipinski definition) is 5. The summed E-state index contributed by atoms with van der Waals surface area (Å²) in [5.41, 5.74) is 1.82. The Kier molecular flexibility index (Phi) is 6.28. The molecule has 2 rings (SSSR count). The molecule has 1 heterocycles. The lowest BCUT2D eigenvalue weighted by atomic mass is 9.97. The molecule has 26 heavy (non-hydrogen) atoms. The molecule has 0 fully saturated rings. The van der Waals surface area contributed by atoms with Gasteiger partial charge in [0, 0.05) is 12.1 Å². The van der Waals surface area contributed by atoms with Gasteiger partial charge in [0.2, 0.25) is 10.0 Å². The van der Waals surface area contributed by atoms with E-state index >= 15 is 0 Å². The van der Waals surface area contributed by atoms with E-state index in [-0.39, 0.29) is 11.8 Å². The van der Waals surface area contributed by atoms with Gasteiger partial charge in [0.25, 0.3) is 5.91 Å². The summed E-state index contributed by atoms with van der Waals surface area (Å²) in [5, 5.41) is 2.74. The highest BCUT2D eigenvalue weighted by Gasteiger charge is 2.28. The van der Waals surface area contributed by atoms with Crippen LogP contribution in [0.1, 0.15) is 42.6 Å². The van der Waals surface area contributed by atoms with Gasteiger partial charge in [-0.25, -0.2) is 13.2 Å². The van der Waals surface area contributed by atoms with Crippen LogP contribution in [0, 0.1) is 5.92 Å². The third-order valence-corrected chi connectivity index (χ3v) is 5.95. The maximum atomic E-state index is 12.6. The number of aryl methyl sites for hydroxylation is 1. The summed E-state index contributed by atoms with van der Waals surface area (Å²) >= 11 is 0. The quantitative estimate of drug-likeness (QED) is 0.756. The van der Waals surface area contributed by atoms with Gasteiger partial charge in [-0.05, 0) is 42.5 Å². The van der Waals surface area contributed by atoms with E-state index in [0.29, 0.717) is 37.1 Å². The van der Waals surface area contributed by atoms with Crippen molar-refractivity contribution >= 4 is 27.6 Å². The number of fused-ring (bicyclic) bond motifs is 1. The normalized spacial score (nSPS) is 16.4. The maximum absolute atomic E-state index is 12.6. The summed E-state index contributed by atoms with van der Waals surface area (Å²) in [7, 11) is -2.05. The molecule has 0 radical (unpaired) electrons. The van der Waals surface area contributed by atoms with Crippen LogP contribution in [-0.4, -0.2) is 46.2 Å². The van der Waals surface area contributed by atoms with Crippen LogP contribution in [0.25, 0.3) is 0 Å². The van der Waals surface area contributed by atoms with E-state index in [0.717, 1.165) is 5.56 Å². The SMILES string of the molecule is CC[C@@H](C)[C@H](NC(=O)c1ccc2c(c1)CCCN2S(C)(=O)=O)C(=O)OC. The van der Waals surface area contributed by atoms with Crippen LogP contribution in [0.5, 0.6) is 0 Å². The lowest BCUT2D eigenvalue weighted by molar-refractivity contribution is -0.144. The lowest BCUT2D eigenvalue weighted by Crippen LogP contribution is -2.45. The third-order valence-electron chi connectivity index (χ3n) is 4.77. The van der Waals surface area contributed by atoms with E-state index in [2.05, 4.69) is 5.32 Å². The molecule has 1 amide bonds. The molecule has 1 aliphatic rings. The van der Waals surface area contributed by atoms with E-state index in [1.165, 1.54) is 17.7 Å². The Morgan fingerprint density at radius 3 is 2.62 bits per heavy atom. The summed E-state index contributed by atoms with van der Waals surface area (Å²) in [6, 6.07) is 4.22. The number of ether oxygens (including phenoxy) is 1. The minimum absolute atomic E-state index is 0.0650. The van der Waals surface area contributed by atoms with Crippen LogP contribution in [0.15, 0.2) is 18.2 Å². The monoisotopic (exact) mass is 382 g/mol. The van der Waals surface area contributed by atoms with Crippen molar-refractivity contribution in [3.63, 3.8) is 0 Å². The number of hydrogen-bond donors (Lipinski definition) is 1. The van der Waals surface area contributed by atoms with Gasteiger partial charge in [-0.15, -0.1) is 0 Å². The van der Waals surface area contributed by atoms with E-state index in [4.69, 9.17) is 4.74 Å². The molecule has 0 saturated heterocycles. The molecule has 1 aliphatic heterocycles. The average Bonchev–Trinajstić information content (AvgIpc) is 2.62. The number of esters is 1. The first-order valence-electron chi connectivity index (χ1n) is 8.68. The fourth-order valence-corrected chi connectivity index (χ4v) is 4.07. The maximum Gasteiger partial charge on any atom is 0.328 e. The van der Waals surface area contributed by atoms with Gasteiger partial charge in [-0.1, -0.05) is 20.3 Å². The average molecular weight is 382 g/mol. The van der Waals surface area contributed by atoms with Crippen molar-refractivity contribution in [2.24, 2.45) is 5.92 Å². The van der Waals surface area contributed by atoms with Crippen molar-refractivity contribution < 1.29 is 22.7 Å². The minimum atomic E-state index is -3.35. The number of carbonyl (C=O) groups is 2. The largest absolute Gasteiger partial charge is 0.467 e. The van der Waals surface area contributed by atoms with E-state index in [1.54, 1.807) is 18.2 Å². The molecule has 7 nitrogen and oxygen atoms in total. The van der Waals surface area contributed by atoms with Gasteiger partial charge in [0.1, 0.15) is 6.04 Å². The Bertz CT molecular complexity index is 791. The Labute approximate surface area is 154 Å². The van der Waals surface area contributed by atoms with E-state index in [9.17, 15) is 18.0 Å². The van der Waals surface area contributed by atoms with E-state index in [1.807, 2.05) is 13.8 Å². The van der Waals surface area contributed by atoms with Crippen LogP contribution in [0.4, 0.5) is 5.69 Å². The van der Waals surface area contributed by atoms with Crippen molar-refractivity contribution in [3.05, 3.63) is 29.3 Å². The first kappa shape index (κ1) is 20.2. The number of nitrogens with zero attached hydrogens (tertiary/aromatic N) is 1. The number of rotatable bonds is 6. The Balaban J connectivity index is 2.27. The van der Waals surface area contributed by atoms with Gasteiger partial charge >= 0.3 is 5.97 Å². The molecule has 1 aromatic carbocycles. The number of nitrogens with one attached hydrogen (secondary N) is 1. The van der Waals surface area contributed by atoms with Crippen LogP contribution < -0.4 is 9.62 Å². The van der Waals surface area contributed by atoms with E-state index < -0.39 is 22.0 Å². The molecule has 1 aromatic rings. The molecule has 1 N–H and O–H groups in total. The predicted molar refractivity (Wildman–Crippen MR) is 99.7 cm³/mol. The number of anilines is 1. The van der Waals surface area contributed by atoms with Gasteiger partial charge < -0.3 is 10.1 Å². The zero-order valence-corrected chi connectivity index (χ0v) is 16.4. The predicted octanol–water partition coefficient (Wildman–Crippen LogP) is 1.72. The first-order valence-corrected chi connectivity index (χ1v) is 10.5. The molecular formula is C18H26N2O5S. The number of sulfonamides is 1. The molecule has 0 aliphatic carbocycles. The molecule has 0 aromatic heterocycles. The van der Waals surface area contributed by atoms with Gasteiger partial charge in [-0.2, -0.15) is 0 Å². The fourth-order valence-electron chi connectivity index (χ4n) is 3.07. The fraction of sp³-hybridized carbons (Fsp3) is 0.556.